The number of hydrogen-bond acceptors (Lipinski definition) is 2. The van der Waals surface area contributed by atoms with E-state index in [4.69, 9.17) is 0 Å². The van der Waals surface area contributed by atoms with Crippen molar-refractivity contribution in [1.29, 1.82) is 0 Å². The average Bonchev–Trinajstić information content (AvgIpc) is 2.76. The zero-order valence-electron chi connectivity index (χ0n) is 10.0. The van der Waals surface area contributed by atoms with E-state index in [2.05, 4.69) is 28.7 Å². The van der Waals surface area contributed by atoms with Gasteiger partial charge in [-0.15, -0.1) is 0 Å². The van der Waals surface area contributed by atoms with Gasteiger partial charge < -0.3 is 9.88 Å². The summed E-state index contributed by atoms with van der Waals surface area (Å²) in [6.07, 6.45) is 3.71. The molecule has 2 aromatic rings. The molecule has 0 unspecified atom stereocenters. The Morgan fingerprint density at radius 3 is 2.65 bits per heavy atom. The molecule has 0 atom stereocenters. The van der Waals surface area contributed by atoms with E-state index < -0.39 is 0 Å². The fourth-order valence-corrected chi connectivity index (χ4v) is 1.65. The standard InChI is InChI=1S/C13H16FN3/c1-10(2)17-8-7-15-13(17)16-9-11-3-5-12(14)6-4-11/h3-8,10H,9H2,1-2H3,(H,15,16). The lowest BCUT2D eigenvalue weighted by Gasteiger charge is -2.12. The van der Waals surface area contributed by atoms with Crippen molar-refractivity contribution in [2.24, 2.45) is 0 Å². The number of anilines is 1. The molecule has 17 heavy (non-hydrogen) atoms. The van der Waals surface area contributed by atoms with Crippen molar-refractivity contribution in [3.05, 3.63) is 48.0 Å². The highest BCUT2D eigenvalue weighted by molar-refractivity contribution is 5.29. The zero-order valence-corrected chi connectivity index (χ0v) is 10.0. The maximum absolute atomic E-state index is 12.7. The fourth-order valence-electron chi connectivity index (χ4n) is 1.65. The summed E-state index contributed by atoms with van der Waals surface area (Å²) in [5.74, 6) is 0.627. The molecule has 1 aromatic carbocycles. The summed E-state index contributed by atoms with van der Waals surface area (Å²) in [6, 6.07) is 6.83. The minimum absolute atomic E-state index is 0.211. The van der Waals surface area contributed by atoms with Crippen molar-refractivity contribution in [3.8, 4) is 0 Å². The van der Waals surface area contributed by atoms with Crippen molar-refractivity contribution < 1.29 is 4.39 Å². The summed E-state index contributed by atoms with van der Waals surface area (Å²) in [5.41, 5.74) is 1.03. The number of halogens is 1. The molecular weight excluding hydrogens is 217 g/mol. The Morgan fingerprint density at radius 1 is 1.29 bits per heavy atom. The Labute approximate surface area is 100 Å². The van der Waals surface area contributed by atoms with Crippen LogP contribution in [0, 0.1) is 5.82 Å². The maximum Gasteiger partial charge on any atom is 0.203 e. The number of imidazole rings is 1. The van der Waals surface area contributed by atoms with Gasteiger partial charge in [0.2, 0.25) is 5.95 Å². The first kappa shape index (κ1) is 11.6. The molecule has 1 aromatic heterocycles. The summed E-state index contributed by atoms with van der Waals surface area (Å²) in [7, 11) is 0. The van der Waals surface area contributed by atoms with Crippen molar-refractivity contribution in [1.82, 2.24) is 9.55 Å². The number of hydrogen-bond donors (Lipinski definition) is 1. The molecule has 0 aliphatic heterocycles. The molecule has 1 N–H and O–H groups in total. The molecule has 0 aliphatic rings. The number of rotatable bonds is 4. The van der Waals surface area contributed by atoms with E-state index in [1.165, 1.54) is 12.1 Å². The van der Waals surface area contributed by atoms with E-state index in [1.807, 2.05) is 6.20 Å². The zero-order chi connectivity index (χ0) is 12.3. The molecule has 2 rings (SSSR count). The van der Waals surface area contributed by atoms with Gasteiger partial charge in [0.25, 0.3) is 0 Å². The average molecular weight is 233 g/mol. The third-order valence-electron chi connectivity index (χ3n) is 2.59. The second kappa shape index (κ2) is 4.99. The van der Waals surface area contributed by atoms with Gasteiger partial charge in [-0.3, -0.25) is 0 Å². The van der Waals surface area contributed by atoms with Crippen molar-refractivity contribution in [2.45, 2.75) is 26.4 Å². The molecule has 0 amide bonds. The maximum atomic E-state index is 12.7. The largest absolute Gasteiger partial charge is 0.352 e. The predicted molar refractivity (Wildman–Crippen MR) is 66.3 cm³/mol. The fraction of sp³-hybridized carbons (Fsp3) is 0.308. The normalized spacial score (nSPS) is 10.8. The van der Waals surface area contributed by atoms with Crippen LogP contribution in [0.3, 0.4) is 0 Å². The number of benzene rings is 1. The predicted octanol–water partition coefficient (Wildman–Crippen LogP) is 3.22. The van der Waals surface area contributed by atoms with Crippen LogP contribution >= 0.6 is 0 Å². The SMILES string of the molecule is CC(C)n1ccnc1NCc1ccc(F)cc1. The van der Waals surface area contributed by atoms with Crippen LogP contribution in [0.25, 0.3) is 0 Å². The minimum atomic E-state index is -0.211. The van der Waals surface area contributed by atoms with Gasteiger partial charge in [-0.05, 0) is 31.5 Å². The molecule has 0 fully saturated rings. The number of aromatic nitrogens is 2. The van der Waals surface area contributed by atoms with E-state index in [0.717, 1.165) is 11.5 Å². The third-order valence-corrected chi connectivity index (χ3v) is 2.59. The number of nitrogens with zero attached hydrogens (tertiary/aromatic N) is 2. The Kier molecular flexibility index (Phi) is 3.42. The molecule has 90 valence electrons. The van der Waals surface area contributed by atoms with E-state index in [1.54, 1.807) is 18.3 Å². The molecule has 0 saturated carbocycles. The molecule has 1 heterocycles. The van der Waals surface area contributed by atoms with Crippen LogP contribution in [0.15, 0.2) is 36.7 Å². The van der Waals surface area contributed by atoms with Crippen LogP contribution in [-0.2, 0) is 6.54 Å². The van der Waals surface area contributed by atoms with Crippen LogP contribution < -0.4 is 5.32 Å². The van der Waals surface area contributed by atoms with Gasteiger partial charge in [0.05, 0.1) is 0 Å². The molecular formula is C13H16FN3. The van der Waals surface area contributed by atoms with E-state index in [9.17, 15) is 4.39 Å². The van der Waals surface area contributed by atoms with Crippen molar-refractivity contribution >= 4 is 5.95 Å². The lowest BCUT2D eigenvalue weighted by molar-refractivity contribution is 0.604. The molecule has 0 saturated heterocycles. The molecule has 3 nitrogen and oxygen atoms in total. The third kappa shape index (κ3) is 2.84. The van der Waals surface area contributed by atoms with Gasteiger partial charge in [-0.25, -0.2) is 9.37 Å². The molecule has 4 heteroatoms. The van der Waals surface area contributed by atoms with Crippen LogP contribution in [0.5, 0.6) is 0 Å². The van der Waals surface area contributed by atoms with E-state index >= 15 is 0 Å². The van der Waals surface area contributed by atoms with Gasteiger partial charge in [0.1, 0.15) is 5.82 Å². The van der Waals surface area contributed by atoms with Crippen LogP contribution in [0.2, 0.25) is 0 Å². The Hall–Kier alpha value is -1.84. The van der Waals surface area contributed by atoms with Gasteiger partial charge in [0.15, 0.2) is 0 Å². The molecule has 0 radical (unpaired) electrons. The Bertz CT molecular complexity index is 474. The minimum Gasteiger partial charge on any atom is -0.352 e. The number of nitrogens with one attached hydrogen (secondary N) is 1. The van der Waals surface area contributed by atoms with Gasteiger partial charge in [-0.2, -0.15) is 0 Å². The summed E-state index contributed by atoms with van der Waals surface area (Å²) in [4.78, 5) is 4.25. The van der Waals surface area contributed by atoms with Crippen molar-refractivity contribution in [2.75, 3.05) is 5.32 Å². The van der Waals surface area contributed by atoms with E-state index in [0.29, 0.717) is 12.6 Å². The first-order valence-corrected chi connectivity index (χ1v) is 5.68. The van der Waals surface area contributed by atoms with Crippen LogP contribution in [0.4, 0.5) is 10.3 Å². The Balaban J connectivity index is 2.02. The van der Waals surface area contributed by atoms with E-state index in [-0.39, 0.29) is 5.82 Å². The highest BCUT2D eigenvalue weighted by Crippen LogP contribution is 2.13. The molecule has 0 bridgehead atoms. The highest BCUT2D eigenvalue weighted by Gasteiger charge is 2.04. The summed E-state index contributed by atoms with van der Waals surface area (Å²) >= 11 is 0. The Morgan fingerprint density at radius 2 is 2.00 bits per heavy atom. The van der Waals surface area contributed by atoms with Gasteiger partial charge in [-0.1, -0.05) is 12.1 Å². The summed E-state index contributed by atoms with van der Waals surface area (Å²) < 4.78 is 14.8. The van der Waals surface area contributed by atoms with Gasteiger partial charge >= 0.3 is 0 Å². The van der Waals surface area contributed by atoms with Crippen molar-refractivity contribution in [3.63, 3.8) is 0 Å². The first-order chi connectivity index (χ1) is 8.16. The smallest absolute Gasteiger partial charge is 0.203 e. The second-order valence-electron chi connectivity index (χ2n) is 4.23. The second-order valence-corrected chi connectivity index (χ2v) is 4.23. The topological polar surface area (TPSA) is 29.9 Å². The quantitative estimate of drug-likeness (QED) is 0.878. The van der Waals surface area contributed by atoms with Crippen LogP contribution in [0.1, 0.15) is 25.5 Å². The molecule has 0 aliphatic carbocycles. The first-order valence-electron chi connectivity index (χ1n) is 5.68. The summed E-state index contributed by atoms with van der Waals surface area (Å²) in [6.45, 7) is 4.85. The lowest BCUT2D eigenvalue weighted by Crippen LogP contribution is -2.08. The highest BCUT2D eigenvalue weighted by atomic mass is 19.1. The van der Waals surface area contributed by atoms with Crippen LogP contribution in [-0.4, -0.2) is 9.55 Å². The molecule has 0 spiro atoms. The lowest BCUT2D eigenvalue weighted by atomic mass is 10.2. The monoisotopic (exact) mass is 233 g/mol. The summed E-state index contributed by atoms with van der Waals surface area (Å²) in [5, 5.41) is 3.24. The van der Waals surface area contributed by atoms with Gasteiger partial charge in [0, 0.05) is 25.0 Å².